The molecule has 2 aromatic rings. The van der Waals surface area contributed by atoms with Crippen LogP contribution in [0.1, 0.15) is 31.2 Å². The van der Waals surface area contributed by atoms with E-state index < -0.39 is 0 Å². The highest BCUT2D eigenvalue weighted by molar-refractivity contribution is 5.20. The van der Waals surface area contributed by atoms with Gasteiger partial charge in [-0.25, -0.2) is 4.98 Å². The van der Waals surface area contributed by atoms with Gasteiger partial charge in [-0.1, -0.05) is 13.0 Å². The standard InChI is InChI=1S/C14H18N2O2/c1-3-15-11(2)12-6-7-14(16-9-12)18-10-13-5-4-8-17-13/h4-9,11,15H,3,10H2,1-2H3. The summed E-state index contributed by atoms with van der Waals surface area (Å²) in [5, 5.41) is 3.34. The Kier molecular flexibility index (Phi) is 4.36. The van der Waals surface area contributed by atoms with Gasteiger partial charge in [0.15, 0.2) is 0 Å². The van der Waals surface area contributed by atoms with Crippen LogP contribution >= 0.6 is 0 Å². The van der Waals surface area contributed by atoms with Gasteiger partial charge in [0.05, 0.1) is 6.26 Å². The maximum absolute atomic E-state index is 5.52. The van der Waals surface area contributed by atoms with Gasteiger partial charge in [-0.3, -0.25) is 0 Å². The first-order chi connectivity index (χ1) is 8.79. The van der Waals surface area contributed by atoms with Crippen molar-refractivity contribution in [3.63, 3.8) is 0 Å². The Bertz CT molecular complexity index is 451. The molecule has 0 amide bonds. The third kappa shape index (κ3) is 3.34. The molecule has 0 aliphatic heterocycles. The van der Waals surface area contributed by atoms with Gasteiger partial charge in [-0.2, -0.15) is 0 Å². The Balaban J connectivity index is 1.91. The maximum Gasteiger partial charge on any atom is 0.213 e. The molecule has 4 heteroatoms. The van der Waals surface area contributed by atoms with Crippen LogP contribution in [0.5, 0.6) is 5.88 Å². The van der Waals surface area contributed by atoms with Crippen LogP contribution in [0.25, 0.3) is 0 Å². The van der Waals surface area contributed by atoms with Crippen molar-refractivity contribution in [2.75, 3.05) is 6.54 Å². The topological polar surface area (TPSA) is 47.3 Å². The van der Waals surface area contributed by atoms with Crippen molar-refractivity contribution in [3.8, 4) is 5.88 Å². The lowest BCUT2D eigenvalue weighted by molar-refractivity contribution is 0.260. The number of furan rings is 1. The number of hydrogen-bond donors (Lipinski definition) is 1. The lowest BCUT2D eigenvalue weighted by Gasteiger charge is -2.12. The number of nitrogens with zero attached hydrogens (tertiary/aromatic N) is 1. The lowest BCUT2D eigenvalue weighted by Crippen LogP contribution is -2.17. The van der Waals surface area contributed by atoms with Gasteiger partial charge in [0, 0.05) is 18.3 Å². The number of ether oxygens (including phenoxy) is 1. The van der Waals surface area contributed by atoms with E-state index in [0.717, 1.165) is 17.9 Å². The van der Waals surface area contributed by atoms with Crippen LogP contribution < -0.4 is 10.1 Å². The predicted octanol–water partition coefficient (Wildman–Crippen LogP) is 2.92. The van der Waals surface area contributed by atoms with Gasteiger partial charge >= 0.3 is 0 Å². The maximum atomic E-state index is 5.52. The molecule has 0 aliphatic rings. The average Bonchev–Trinajstić information content (AvgIpc) is 2.90. The largest absolute Gasteiger partial charge is 0.469 e. The van der Waals surface area contributed by atoms with E-state index in [0.29, 0.717) is 18.5 Å². The fourth-order valence-electron chi connectivity index (χ4n) is 1.70. The first-order valence-corrected chi connectivity index (χ1v) is 6.14. The Morgan fingerprint density at radius 1 is 1.39 bits per heavy atom. The highest BCUT2D eigenvalue weighted by atomic mass is 16.5. The van der Waals surface area contributed by atoms with Crippen LogP contribution in [-0.4, -0.2) is 11.5 Å². The lowest BCUT2D eigenvalue weighted by atomic mass is 10.1. The minimum atomic E-state index is 0.307. The van der Waals surface area contributed by atoms with E-state index in [4.69, 9.17) is 9.15 Å². The van der Waals surface area contributed by atoms with Crippen molar-refractivity contribution >= 4 is 0 Å². The summed E-state index contributed by atoms with van der Waals surface area (Å²) < 4.78 is 10.7. The van der Waals surface area contributed by atoms with Gasteiger partial charge in [0.25, 0.3) is 0 Å². The predicted molar refractivity (Wildman–Crippen MR) is 69.4 cm³/mol. The molecule has 1 unspecified atom stereocenters. The summed E-state index contributed by atoms with van der Waals surface area (Å²) in [6.45, 7) is 5.55. The molecule has 0 radical (unpaired) electrons. The van der Waals surface area contributed by atoms with Crippen molar-refractivity contribution < 1.29 is 9.15 Å². The quantitative estimate of drug-likeness (QED) is 0.851. The van der Waals surface area contributed by atoms with Crippen LogP contribution in [0.2, 0.25) is 0 Å². The molecule has 0 aromatic carbocycles. The zero-order chi connectivity index (χ0) is 12.8. The molecule has 0 aliphatic carbocycles. The second-order valence-electron chi connectivity index (χ2n) is 4.08. The van der Waals surface area contributed by atoms with E-state index in [1.165, 1.54) is 0 Å². The Hall–Kier alpha value is -1.81. The van der Waals surface area contributed by atoms with Crippen LogP contribution in [0, 0.1) is 0 Å². The highest BCUT2D eigenvalue weighted by Crippen LogP contribution is 2.15. The summed E-state index contributed by atoms with van der Waals surface area (Å²) in [6.07, 6.45) is 3.47. The summed E-state index contributed by atoms with van der Waals surface area (Å²) in [5.41, 5.74) is 1.15. The SMILES string of the molecule is CCNC(C)c1ccc(OCc2ccco2)nc1. The van der Waals surface area contributed by atoms with Crippen LogP contribution in [0.15, 0.2) is 41.1 Å². The van der Waals surface area contributed by atoms with Crippen molar-refractivity contribution in [2.24, 2.45) is 0 Å². The van der Waals surface area contributed by atoms with Gasteiger partial charge in [-0.15, -0.1) is 0 Å². The molecule has 0 saturated heterocycles. The molecule has 1 atom stereocenters. The van der Waals surface area contributed by atoms with Gasteiger partial charge in [0.2, 0.25) is 5.88 Å². The Morgan fingerprint density at radius 2 is 2.28 bits per heavy atom. The van der Waals surface area contributed by atoms with E-state index in [9.17, 15) is 0 Å². The fourth-order valence-corrected chi connectivity index (χ4v) is 1.70. The Morgan fingerprint density at radius 3 is 2.89 bits per heavy atom. The molecule has 0 saturated carbocycles. The minimum absolute atomic E-state index is 0.307. The fraction of sp³-hybridized carbons (Fsp3) is 0.357. The second-order valence-corrected chi connectivity index (χ2v) is 4.08. The molecule has 96 valence electrons. The molecule has 1 N–H and O–H groups in total. The molecule has 4 nitrogen and oxygen atoms in total. The van der Waals surface area contributed by atoms with Crippen LogP contribution in [0.3, 0.4) is 0 Å². The molecular weight excluding hydrogens is 228 g/mol. The van der Waals surface area contributed by atoms with E-state index >= 15 is 0 Å². The molecule has 0 bridgehead atoms. The summed E-state index contributed by atoms with van der Waals surface area (Å²) in [4.78, 5) is 4.28. The van der Waals surface area contributed by atoms with Crippen LogP contribution in [-0.2, 0) is 6.61 Å². The normalized spacial score (nSPS) is 12.3. The van der Waals surface area contributed by atoms with E-state index in [-0.39, 0.29) is 0 Å². The van der Waals surface area contributed by atoms with E-state index in [2.05, 4.69) is 24.1 Å². The zero-order valence-electron chi connectivity index (χ0n) is 10.7. The monoisotopic (exact) mass is 246 g/mol. The molecule has 2 heterocycles. The van der Waals surface area contributed by atoms with Crippen molar-refractivity contribution in [3.05, 3.63) is 48.0 Å². The molecule has 2 aromatic heterocycles. The number of aromatic nitrogens is 1. The first kappa shape index (κ1) is 12.6. The van der Waals surface area contributed by atoms with Crippen LogP contribution in [0.4, 0.5) is 0 Å². The summed E-state index contributed by atoms with van der Waals surface area (Å²) >= 11 is 0. The van der Waals surface area contributed by atoms with Crippen molar-refractivity contribution in [1.82, 2.24) is 10.3 Å². The highest BCUT2D eigenvalue weighted by Gasteiger charge is 2.05. The summed E-state index contributed by atoms with van der Waals surface area (Å²) in [7, 11) is 0. The molecule has 18 heavy (non-hydrogen) atoms. The average molecular weight is 246 g/mol. The number of nitrogens with one attached hydrogen (secondary N) is 1. The van der Waals surface area contributed by atoms with Gasteiger partial charge in [-0.05, 0) is 31.2 Å². The van der Waals surface area contributed by atoms with Gasteiger partial charge in [0.1, 0.15) is 12.4 Å². The third-order valence-corrected chi connectivity index (χ3v) is 2.71. The molecular formula is C14H18N2O2. The number of hydrogen-bond acceptors (Lipinski definition) is 4. The smallest absolute Gasteiger partial charge is 0.213 e. The zero-order valence-corrected chi connectivity index (χ0v) is 10.7. The first-order valence-electron chi connectivity index (χ1n) is 6.14. The molecule has 0 spiro atoms. The number of rotatable bonds is 6. The Labute approximate surface area is 107 Å². The van der Waals surface area contributed by atoms with E-state index in [1.807, 2.05) is 30.5 Å². The van der Waals surface area contributed by atoms with Gasteiger partial charge < -0.3 is 14.5 Å². The molecule has 0 fully saturated rings. The summed E-state index contributed by atoms with van der Waals surface area (Å²) in [5.74, 6) is 1.40. The molecule has 2 rings (SSSR count). The second kappa shape index (κ2) is 6.21. The summed E-state index contributed by atoms with van der Waals surface area (Å²) in [6, 6.07) is 7.93. The third-order valence-electron chi connectivity index (χ3n) is 2.71. The van der Waals surface area contributed by atoms with E-state index in [1.54, 1.807) is 6.26 Å². The minimum Gasteiger partial charge on any atom is -0.469 e. The van der Waals surface area contributed by atoms with Crippen molar-refractivity contribution in [2.45, 2.75) is 26.5 Å². The van der Waals surface area contributed by atoms with Crippen molar-refractivity contribution in [1.29, 1.82) is 0 Å². The number of pyridine rings is 1.